The van der Waals surface area contributed by atoms with Crippen LogP contribution in [0.3, 0.4) is 0 Å². The Hall–Kier alpha value is -3.23. The quantitative estimate of drug-likeness (QED) is 0.166. The number of rotatable bonds is 14. The summed E-state index contributed by atoms with van der Waals surface area (Å²) < 4.78 is 32.3. The summed E-state index contributed by atoms with van der Waals surface area (Å²) in [5.41, 5.74) is 2.13. The SMILES string of the molecule is C=CC(F)(F)Sc1ccc(C(=O)N2CC(CC=CC(C)CC=c3cc(C)c(C(=O)NCCOCC)cc3=CC)C2)cc1. The number of benzene rings is 2. The summed E-state index contributed by atoms with van der Waals surface area (Å²) in [4.78, 5) is 27.5. The van der Waals surface area contributed by atoms with E-state index in [1.165, 1.54) is 0 Å². The van der Waals surface area contributed by atoms with Gasteiger partial charge in [0.15, 0.2) is 0 Å². The van der Waals surface area contributed by atoms with E-state index in [-0.39, 0.29) is 11.8 Å². The molecule has 3 rings (SSSR count). The van der Waals surface area contributed by atoms with Crippen molar-refractivity contribution in [2.75, 3.05) is 32.8 Å². The number of aryl methyl sites for hydroxylation is 1. The van der Waals surface area contributed by atoms with Crippen molar-refractivity contribution in [2.24, 2.45) is 11.8 Å². The molecule has 5 nitrogen and oxygen atoms in total. The van der Waals surface area contributed by atoms with Gasteiger partial charge >= 0.3 is 5.25 Å². The molecule has 1 aliphatic heterocycles. The van der Waals surface area contributed by atoms with Crippen molar-refractivity contribution >= 4 is 35.7 Å². The second kappa shape index (κ2) is 15.8. The predicted molar refractivity (Wildman–Crippen MR) is 168 cm³/mol. The van der Waals surface area contributed by atoms with Gasteiger partial charge in [0.1, 0.15) is 0 Å². The number of amides is 2. The number of nitrogens with one attached hydrogen (secondary N) is 1. The third kappa shape index (κ3) is 9.66. The fourth-order valence-corrected chi connectivity index (χ4v) is 5.39. The van der Waals surface area contributed by atoms with Gasteiger partial charge in [0, 0.05) is 42.3 Å². The molecule has 2 aromatic rings. The van der Waals surface area contributed by atoms with Crippen LogP contribution in [0.2, 0.25) is 0 Å². The second-order valence-electron chi connectivity index (χ2n) is 10.6. The number of nitrogens with zero attached hydrogens (tertiary/aromatic N) is 1. The van der Waals surface area contributed by atoms with Crippen molar-refractivity contribution in [3.63, 3.8) is 0 Å². The molecule has 1 N–H and O–H groups in total. The highest BCUT2D eigenvalue weighted by Gasteiger charge is 2.30. The Morgan fingerprint density at radius 3 is 2.57 bits per heavy atom. The molecule has 226 valence electrons. The minimum atomic E-state index is -3.04. The molecule has 1 heterocycles. The van der Waals surface area contributed by atoms with Crippen molar-refractivity contribution in [1.29, 1.82) is 0 Å². The van der Waals surface area contributed by atoms with Crippen LogP contribution in [-0.2, 0) is 4.74 Å². The van der Waals surface area contributed by atoms with Crippen LogP contribution in [0.1, 0.15) is 59.9 Å². The summed E-state index contributed by atoms with van der Waals surface area (Å²) in [6, 6.07) is 10.3. The number of carbonyl (C=O) groups excluding carboxylic acids is 2. The molecule has 8 heteroatoms. The summed E-state index contributed by atoms with van der Waals surface area (Å²) in [6.45, 7) is 14.2. The minimum absolute atomic E-state index is 0.0712. The van der Waals surface area contributed by atoms with Gasteiger partial charge < -0.3 is 15.0 Å². The standard InChI is InChI=1S/C34H42F2N2O3S/c1-6-27-21-31(32(39)37-18-19-41-8-3)25(5)20-29(27)13-12-24(4)10-9-11-26-22-38(23-26)33(40)28-14-16-30(17-15-28)42-34(35,36)7-2/h6-7,9-10,13-17,20-21,24,26H,2,8,11-12,18-19,22-23H2,1,3-5H3,(H,37,39). The van der Waals surface area contributed by atoms with Crippen LogP contribution in [-0.4, -0.2) is 54.8 Å². The molecule has 0 aliphatic carbocycles. The molecule has 0 aromatic heterocycles. The smallest absolute Gasteiger partial charge is 0.316 e. The van der Waals surface area contributed by atoms with Crippen LogP contribution in [0.5, 0.6) is 0 Å². The number of ether oxygens (including phenoxy) is 1. The molecule has 42 heavy (non-hydrogen) atoms. The van der Waals surface area contributed by atoms with E-state index in [0.717, 1.165) is 28.8 Å². The zero-order valence-electron chi connectivity index (χ0n) is 25.0. The molecule has 1 fully saturated rings. The van der Waals surface area contributed by atoms with Crippen molar-refractivity contribution in [3.8, 4) is 0 Å². The Bertz CT molecular complexity index is 1380. The molecule has 1 saturated heterocycles. The predicted octanol–water partition coefficient (Wildman–Crippen LogP) is 5.96. The zero-order valence-corrected chi connectivity index (χ0v) is 25.8. The average molecular weight is 597 g/mol. The number of hydrogen-bond acceptors (Lipinski definition) is 4. The molecule has 1 aliphatic rings. The normalized spacial score (nSPS) is 15.6. The van der Waals surface area contributed by atoms with Gasteiger partial charge in [-0.15, -0.1) is 0 Å². The van der Waals surface area contributed by atoms with Crippen molar-refractivity contribution in [3.05, 3.63) is 88.3 Å². The summed E-state index contributed by atoms with van der Waals surface area (Å²) in [5.74, 6) is 0.606. The van der Waals surface area contributed by atoms with E-state index in [0.29, 0.717) is 78.5 Å². The molecule has 0 bridgehead atoms. The molecule has 2 aromatic carbocycles. The Morgan fingerprint density at radius 1 is 1.21 bits per heavy atom. The van der Waals surface area contributed by atoms with Crippen molar-refractivity contribution in [1.82, 2.24) is 10.2 Å². The first-order valence-electron chi connectivity index (χ1n) is 14.5. The Balaban J connectivity index is 1.47. The van der Waals surface area contributed by atoms with Crippen LogP contribution in [0.25, 0.3) is 12.2 Å². The first-order valence-corrected chi connectivity index (χ1v) is 15.3. The van der Waals surface area contributed by atoms with E-state index in [4.69, 9.17) is 4.74 Å². The topological polar surface area (TPSA) is 58.6 Å². The first-order chi connectivity index (χ1) is 20.1. The van der Waals surface area contributed by atoms with Gasteiger partial charge in [0.25, 0.3) is 11.8 Å². The van der Waals surface area contributed by atoms with Crippen LogP contribution < -0.4 is 15.8 Å². The van der Waals surface area contributed by atoms with Crippen LogP contribution in [0, 0.1) is 18.8 Å². The molecule has 1 unspecified atom stereocenters. The highest BCUT2D eigenvalue weighted by molar-refractivity contribution is 8.00. The maximum absolute atomic E-state index is 13.5. The number of allylic oxidation sites excluding steroid dienone is 2. The maximum atomic E-state index is 13.5. The number of alkyl halides is 2. The highest BCUT2D eigenvalue weighted by Crippen LogP contribution is 2.36. The van der Waals surface area contributed by atoms with Crippen molar-refractivity contribution < 1.29 is 23.1 Å². The lowest BCUT2D eigenvalue weighted by Gasteiger charge is -2.39. The van der Waals surface area contributed by atoms with Gasteiger partial charge in [-0.25, -0.2) is 0 Å². The number of hydrogen-bond donors (Lipinski definition) is 1. The lowest BCUT2D eigenvalue weighted by atomic mass is 9.94. The molecule has 0 radical (unpaired) electrons. The summed E-state index contributed by atoms with van der Waals surface area (Å²) in [5, 5.41) is 2.04. The minimum Gasteiger partial charge on any atom is -0.380 e. The van der Waals surface area contributed by atoms with E-state index >= 15 is 0 Å². The molecular weight excluding hydrogens is 554 g/mol. The summed E-state index contributed by atoms with van der Waals surface area (Å²) in [6.07, 6.45) is 11.1. The van der Waals surface area contributed by atoms with Gasteiger partial charge in [0.2, 0.25) is 0 Å². The molecule has 1 atom stereocenters. The van der Waals surface area contributed by atoms with E-state index in [2.05, 4.69) is 43.1 Å². The fraction of sp³-hybridized carbons (Fsp3) is 0.412. The Morgan fingerprint density at radius 2 is 1.93 bits per heavy atom. The molecular formula is C34H42F2N2O3S. The van der Waals surface area contributed by atoms with E-state index < -0.39 is 5.25 Å². The second-order valence-corrected chi connectivity index (χ2v) is 11.8. The van der Waals surface area contributed by atoms with E-state index in [1.54, 1.807) is 29.2 Å². The lowest BCUT2D eigenvalue weighted by molar-refractivity contribution is 0.0505. The average Bonchev–Trinajstić information content (AvgIpc) is 2.95. The molecule has 2 amide bonds. The monoisotopic (exact) mass is 596 g/mol. The Kier molecular flexibility index (Phi) is 12.6. The zero-order chi connectivity index (χ0) is 30.7. The van der Waals surface area contributed by atoms with E-state index in [1.807, 2.05) is 32.9 Å². The van der Waals surface area contributed by atoms with Crippen LogP contribution >= 0.6 is 11.8 Å². The first kappa shape index (κ1) is 33.3. The highest BCUT2D eigenvalue weighted by atomic mass is 32.2. The fourth-order valence-electron chi connectivity index (χ4n) is 4.72. The van der Waals surface area contributed by atoms with Crippen LogP contribution in [0.15, 0.2) is 66.1 Å². The maximum Gasteiger partial charge on any atom is 0.316 e. The summed E-state index contributed by atoms with van der Waals surface area (Å²) in [7, 11) is 0. The number of likely N-dealkylation sites (tertiary alicyclic amines) is 1. The third-order valence-electron chi connectivity index (χ3n) is 7.20. The largest absolute Gasteiger partial charge is 0.380 e. The van der Waals surface area contributed by atoms with Gasteiger partial charge in [-0.1, -0.05) is 43.9 Å². The molecule has 0 spiro atoms. The van der Waals surface area contributed by atoms with Crippen molar-refractivity contribution in [2.45, 2.75) is 50.7 Å². The van der Waals surface area contributed by atoms with Gasteiger partial charge in [0.05, 0.1) is 6.61 Å². The van der Waals surface area contributed by atoms with E-state index in [9.17, 15) is 18.4 Å². The number of carbonyl (C=O) groups is 2. The van der Waals surface area contributed by atoms with Crippen LogP contribution in [0.4, 0.5) is 8.78 Å². The number of halogens is 2. The summed E-state index contributed by atoms with van der Waals surface area (Å²) >= 11 is 0.410. The molecule has 0 saturated carbocycles. The number of thioether (sulfide) groups is 1. The lowest BCUT2D eigenvalue weighted by Crippen LogP contribution is -2.49. The Labute approximate surface area is 252 Å². The third-order valence-corrected chi connectivity index (χ3v) is 8.15. The van der Waals surface area contributed by atoms with Gasteiger partial charge in [-0.3, -0.25) is 9.59 Å². The van der Waals surface area contributed by atoms with Gasteiger partial charge in [-0.2, -0.15) is 8.78 Å². The van der Waals surface area contributed by atoms with Gasteiger partial charge in [-0.05, 0) is 110 Å².